The number of carbonyl (C=O) groups excluding carboxylic acids is 2. The van der Waals surface area contributed by atoms with Gasteiger partial charge in [-0.3, -0.25) is 9.59 Å². The second-order valence-electron chi connectivity index (χ2n) is 6.71. The molecule has 0 radical (unpaired) electrons. The Balaban J connectivity index is 1.56. The molecule has 1 atom stereocenters. The van der Waals surface area contributed by atoms with E-state index in [1.54, 1.807) is 0 Å². The van der Waals surface area contributed by atoms with Gasteiger partial charge in [0.1, 0.15) is 10.7 Å². The average molecular weight is 341 g/mol. The SMILES string of the molecule is CC(=O)Nc1sc(NC(=O)C2CC23CCC3)nc1-c1ccccc1. The van der Waals surface area contributed by atoms with Gasteiger partial charge in [0.25, 0.3) is 0 Å². The van der Waals surface area contributed by atoms with Gasteiger partial charge < -0.3 is 10.6 Å². The van der Waals surface area contributed by atoms with Crippen molar-refractivity contribution in [2.45, 2.75) is 32.6 Å². The number of hydrogen-bond acceptors (Lipinski definition) is 4. The lowest BCUT2D eigenvalue weighted by atomic mass is 9.80. The Hall–Kier alpha value is -2.21. The van der Waals surface area contributed by atoms with Crippen molar-refractivity contribution >= 4 is 33.3 Å². The summed E-state index contributed by atoms with van der Waals surface area (Å²) in [6.45, 7) is 1.47. The highest BCUT2D eigenvalue weighted by molar-refractivity contribution is 7.20. The molecule has 2 aliphatic carbocycles. The maximum absolute atomic E-state index is 12.4. The first-order valence-electron chi connectivity index (χ1n) is 8.22. The zero-order valence-electron chi connectivity index (χ0n) is 13.5. The van der Waals surface area contributed by atoms with Crippen LogP contribution in [0.2, 0.25) is 0 Å². The van der Waals surface area contributed by atoms with Gasteiger partial charge in [-0.1, -0.05) is 48.1 Å². The van der Waals surface area contributed by atoms with E-state index >= 15 is 0 Å². The molecule has 2 aliphatic rings. The second-order valence-corrected chi connectivity index (χ2v) is 7.70. The number of nitrogens with zero attached hydrogens (tertiary/aromatic N) is 1. The van der Waals surface area contributed by atoms with Crippen LogP contribution in [-0.4, -0.2) is 16.8 Å². The van der Waals surface area contributed by atoms with Crippen LogP contribution in [0.15, 0.2) is 30.3 Å². The fourth-order valence-corrected chi connectivity index (χ4v) is 4.44. The van der Waals surface area contributed by atoms with Crippen molar-refractivity contribution in [1.82, 2.24) is 4.98 Å². The van der Waals surface area contributed by atoms with Gasteiger partial charge in [-0.15, -0.1) is 0 Å². The Morgan fingerprint density at radius 1 is 1.21 bits per heavy atom. The minimum atomic E-state index is -0.149. The molecule has 124 valence electrons. The first-order chi connectivity index (χ1) is 11.6. The van der Waals surface area contributed by atoms with Gasteiger partial charge in [-0.2, -0.15) is 0 Å². The van der Waals surface area contributed by atoms with Crippen LogP contribution >= 0.6 is 11.3 Å². The lowest BCUT2D eigenvalue weighted by Gasteiger charge is -2.26. The smallest absolute Gasteiger partial charge is 0.229 e. The molecule has 0 bridgehead atoms. The Kier molecular flexibility index (Phi) is 3.64. The van der Waals surface area contributed by atoms with E-state index in [1.165, 1.54) is 37.5 Å². The van der Waals surface area contributed by atoms with E-state index < -0.39 is 0 Å². The molecule has 6 heteroatoms. The number of amides is 2. The van der Waals surface area contributed by atoms with E-state index in [1.807, 2.05) is 30.3 Å². The zero-order chi connectivity index (χ0) is 16.7. The number of benzene rings is 1. The predicted molar refractivity (Wildman–Crippen MR) is 94.9 cm³/mol. The number of carbonyl (C=O) groups is 2. The summed E-state index contributed by atoms with van der Waals surface area (Å²) >= 11 is 1.31. The Bertz CT molecular complexity index is 796. The number of nitrogens with one attached hydrogen (secondary N) is 2. The minimum Gasteiger partial charge on any atom is -0.316 e. The summed E-state index contributed by atoms with van der Waals surface area (Å²) in [7, 11) is 0. The molecule has 24 heavy (non-hydrogen) atoms. The Morgan fingerprint density at radius 2 is 1.96 bits per heavy atom. The van der Waals surface area contributed by atoms with Crippen LogP contribution < -0.4 is 10.6 Å². The first-order valence-corrected chi connectivity index (χ1v) is 9.04. The standard InChI is InChI=1S/C18H19N3O2S/c1-11(22)19-16-14(12-6-3-2-4-7-12)20-17(24-16)21-15(23)13-10-18(13)8-5-9-18/h2-4,6-7,13H,5,8-10H2,1H3,(H,19,22)(H,20,21,23). The summed E-state index contributed by atoms with van der Waals surface area (Å²) in [5.74, 6) is 0.0568. The second kappa shape index (κ2) is 5.70. The van der Waals surface area contributed by atoms with Crippen LogP contribution in [-0.2, 0) is 9.59 Å². The van der Waals surface area contributed by atoms with Gasteiger partial charge in [-0.05, 0) is 24.7 Å². The number of thiazole rings is 1. The topological polar surface area (TPSA) is 71.1 Å². The maximum atomic E-state index is 12.4. The van der Waals surface area contributed by atoms with E-state index in [-0.39, 0.29) is 17.7 Å². The average Bonchev–Trinajstić information content (AvgIpc) is 3.19. The van der Waals surface area contributed by atoms with Gasteiger partial charge in [0.05, 0.1) is 0 Å². The molecule has 2 saturated carbocycles. The van der Waals surface area contributed by atoms with Gasteiger partial charge in [0, 0.05) is 18.4 Å². The van der Waals surface area contributed by atoms with Crippen molar-refractivity contribution in [3.05, 3.63) is 30.3 Å². The lowest BCUT2D eigenvalue weighted by Crippen LogP contribution is -2.23. The highest BCUT2D eigenvalue weighted by Crippen LogP contribution is 2.65. The first kappa shape index (κ1) is 15.3. The molecule has 2 amide bonds. The van der Waals surface area contributed by atoms with Crippen molar-refractivity contribution in [3.63, 3.8) is 0 Å². The van der Waals surface area contributed by atoms with E-state index in [0.717, 1.165) is 12.0 Å². The molecule has 1 aromatic carbocycles. The molecule has 1 heterocycles. The van der Waals surface area contributed by atoms with Crippen molar-refractivity contribution in [3.8, 4) is 11.3 Å². The van der Waals surface area contributed by atoms with Crippen LogP contribution in [0, 0.1) is 11.3 Å². The molecule has 2 N–H and O–H groups in total. The van der Waals surface area contributed by atoms with E-state index in [9.17, 15) is 9.59 Å². The third-order valence-electron chi connectivity index (χ3n) is 5.05. The summed E-state index contributed by atoms with van der Waals surface area (Å²) in [5, 5.41) is 6.97. The molecule has 2 fully saturated rings. The van der Waals surface area contributed by atoms with Gasteiger partial charge >= 0.3 is 0 Å². The number of anilines is 2. The predicted octanol–water partition coefficient (Wildman–Crippen LogP) is 3.90. The summed E-state index contributed by atoms with van der Waals surface area (Å²) in [5.41, 5.74) is 1.91. The monoisotopic (exact) mass is 341 g/mol. The largest absolute Gasteiger partial charge is 0.316 e. The molecule has 0 aliphatic heterocycles. The quantitative estimate of drug-likeness (QED) is 0.886. The molecule has 0 saturated heterocycles. The van der Waals surface area contributed by atoms with Gasteiger partial charge in [0.2, 0.25) is 11.8 Å². The van der Waals surface area contributed by atoms with Gasteiger partial charge in [0.15, 0.2) is 5.13 Å². The van der Waals surface area contributed by atoms with Crippen molar-refractivity contribution in [1.29, 1.82) is 0 Å². The number of aromatic nitrogens is 1. The molecule has 4 rings (SSSR count). The molecule has 1 aromatic heterocycles. The van der Waals surface area contributed by atoms with Crippen molar-refractivity contribution < 1.29 is 9.59 Å². The maximum Gasteiger partial charge on any atom is 0.229 e. The molecular weight excluding hydrogens is 322 g/mol. The molecule has 5 nitrogen and oxygen atoms in total. The molecule has 2 aromatic rings. The van der Waals surface area contributed by atoms with E-state index in [4.69, 9.17) is 0 Å². The fraction of sp³-hybridized carbons (Fsp3) is 0.389. The van der Waals surface area contributed by atoms with Crippen LogP contribution in [0.5, 0.6) is 0 Å². The minimum absolute atomic E-state index is 0.0671. The van der Waals surface area contributed by atoms with Gasteiger partial charge in [-0.25, -0.2) is 4.98 Å². The van der Waals surface area contributed by atoms with E-state index in [0.29, 0.717) is 21.2 Å². The van der Waals surface area contributed by atoms with Crippen LogP contribution in [0.3, 0.4) is 0 Å². The molecular formula is C18H19N3O2S. The highest BCUT2D eigenvalue weighted by atomic mass is 32.1. The number of rotatable bonds is 4. The lowest BCUT2D eigenvalue weighted by molar-refractivity contribution is -0.118. The van der Waals surface area contributed by atoms with Crippen molar-refractivity contribution in [2.75, 3.05) is 10.6 Å². The fourth-order valence-electron chi connectivity index (χ4n) is 3.50. The summed E-state index contributed by atoms with van der Waals surface area (Å²) < 4.78 is 0. The normalized spacial score (nSPS) is 20.3. The summed E-state index contributed by atoms with van der Waals surface area (Å²) in [6, 6.07) is 9.66. The highest BCUT2D eigenvalue weighted by Gasteiger charge is 2.60. The van der Waals surface area contributed by atoms with Crippen LogP contribution in [0.4, 0.5) is 10.1 Å². The third-order valence-corrected chi connectivity index (χ3v) is 5.94. The van der Waals surface area contributed by atoms with Crippen LogP contribution in [0.1, 0.15) is 32.6 Å². The zero-order valence-corrected chi connectivity index (χ0v) is 14.3. The van der Waals surface area contributed by atoms with E-state index in [2.05, 4.69) is 15.6 Å². The van der Waals surface area contributed by atoms with Crippen molar-refractivity contribution in [2.24, 2.45) is 11.3 Å². The molecule has 1 spiro atoms. The number of hydrogen-bond donors (Lipinski definition) is 2. The summed E-state index contributed by atoms with van der Waals surface area (Å²) in [4.78, 5) is 28.4. The van der Waals surface area contributed by atoms with Crippen LogP contribution in [0.25, 0.3) is 11.3 Å². The molecule has 1 unspecified atom stereocenters. The summed E-state index contributed by atoms with van der Waals surface area (Å²) in [6.07, 6.45) is 4.60. The Labute approximate surface area is 144 Å². The Morgan fingerprint density at radius 3 is 2.54 bits per heavy atom. The third kappa shape index (κ3) is 2.71.